The molecule has 0 aliphatic carbocycles. The number of methoxy groups -OCH3 is 1. The number of carbonyl (C=O) groups excluding carboxylic acids is 2. The molecule has 2 aromatic rings. The Kier molecular flexibility index (Phi) is 5.56. The average Bonchev–Trinajstić information content (AvgIpc) is 3.40. The molecule has 0 saturated carbocycles. The highest BCUT2D eigenvalue weighted by Crippen LogP contribution is 2.33. The molecule has 2 unspecified atom stereocenters. The van der Waals surface area contributed by atoms with Gasteiger partial charge in [-0.1, -0.05) is 37.3 Å². The summed E-state index contributed by atoms with van der Waals surface area (Å²) >= 11 is 0. The number of hydrogen-bond acceptors (Lipinski definition) is 3. The van der Waals surface area contributed by atoms with Gasteiger partial charge >= 0.3 is 0 Å². The van der Waals surface area contributed by atoms with Crippen molar-refractivity contribution in [1.82, 2.24) is 4.90 Å². The molecule has 2 aromatic carbocycles. The molecule has 2 saturated heterocycles. The zero-order valence-corrected chi connectivity index (χ0v) is 17.1. The van der Waals surface area contributed by atoms with Crippen molar-refractivity contribution in [3.8, 4) is 5.75 Å². The van der Waals surface area contributed by atoms with Crippen LogP contribution in [-0.4, -0.2) is 43.5 Å². The highest BCUT2D eigenvalue weighted by Gasteiger charge is 2.39. The maximum atomic E-state index is 13.1. The number of carbonyl (C=O) groups is 2. The van der Waals surface area contributed by atoms with Gasteiger partial charge in [-0.25, -0.2) is 0 Å². The van der Waals surface area contributed by atoms with E-state index in [4.69, 9.17) is 4.74 Å². The van der Waals surface area contributed by atoms with E-state index < -0.39 is 0 Å². The Hall–Kier alpha value is -2.82. The largest absolute Gasteiger partial charge is 0.497 e. The molecule has 2 heterocycles. The van der Waals surface area contributed by atoms with Crippen molar-refractivity contribution in [1.29, 1.82) is 0 Å². The molecule has 0 bridgehead atoms. The zero-order chi connectivity index (χ0) is 20.4. The van der Waals surface area contributed by atoms with Crippen molar-refractivity contribution < 1.29 is 14.3 Å². The first-order chi connectivity index (χ1) is 14.1. The van der Waals surface area contributed by atoms with E-state index in [0.29, 0.717) is 18.9 Å². The number of rotatable bonds is 5. The van der Waals surface area contributed by atoms with Gasteiger partial charge in [0.1, 0.15) is 5.75 Å². The zero-order valence-electron chi connectivity index (χ0n) is 17.1. The molecule has 0 radical (unpaired) electrons. The van der Waals surface area contributed by atoms with E-state index in [-0.39, 0.29) is 17.7 Å². The van der Waals surface area contributed by atoms with E-state index in [1.165, 1.54) is 5.56 Å². The summed E-state index contributed by atoms with van der Waals surface area (Å²) in [4.78, 5) is 29.5. The lowest BCUT2D eigenvalue weighted by molar-refractivity contribution is -0.134. The van der Waals surface area contributed by atoms with Gasteiger partial charge in [0, 0.05) is 37.7 Å². The van der Waals surface area contributed by atoms with Crippen LogP contribution < -0.4 is 9.64 Å². The Bertz CT molecular complexity index is 893. The average molecular weight is 392 g/mol. The van der Waals surface area contributed by atoms with Crippen LogP contribution in [0.5, 0.6) is 5.75 Å². The maximum Gasteiger partial charge on any atom is 0.228 e. The number of nitrogens with zero attached hydrogens (tertiary/aromatic N) is 2. The highest BCUT2D eigenvalue weighted by atomic mass is 16.5. The first kappa shape index (κ1) is 19.5. The van der Waals surface area contributed by atoms with Gasteiger partial charge < -0.3 is 14.5 Å². The van der Waals surface area contributed by atoms with Crippen molar-refractivity contribution >= 4 is 17.5 Å². The fraction of sp³-hybridized carbons (Fsp3) is 0.417. The SMILES string of the molecule is CCc1ccccc1N1CC(C(=O)N2CCC(c3ccc(OC)cc3)C2)CC1=O. The molecule has 152 valence electrons. The molecule has 29 heavy (non-hydrogen) atoms. The van der Waals surface area contributed by atoms with Gasteiger partial charge in [-0.05, 0) is 42.2 Å². The summed E-state index contributed by atoms with van der Waals surface area (Å²) in [7, 11) is 1.66. The molecule has 5 nitrogen and oxygen atoms in total. The van der Waals surface area contributed by atoms with Gasteiger partial charge in [-0.3, -0.25) is 9.59 Å². The molecule has 2 aliphatic heterocycles. The third-order valence-electron chi connectivity index (χ3n) is 6.22. The topological polar surface area (TPSA) is 49.9 Å². The van der Waals surface area contributed by atoms with Crippen LogP contribution in [0, 0.1) is 5.92 Å². The molecular formula is C24H28N2O3. The van der Waals surface area contributed by atoms with Crippen molar-refractivity contribution in [3.05, 3.63) is 59.7 Å². The monoisotopic (exact) mass is 392 g/mol. The molecule has 4 rings (SSSR count). The second kappa shape index (κ2) is 8.27. The van der Waals surface area contributed by atoms with E-state index in [9.17, 15) is 9.59 Å². The molecule has 2 fully saturated rings. The van der Waals surface area contributed by atoms with E-state index in [1.807, 2.05) is 35.2 Å². The van der Waals surface area contributed by atoms with Crippen LogP contribution in [0.2, 0.25) is 0 Å². The predicted molar refractivity (Wildman–Crippen MR) is 113 cm³/mol. The third kappa shape index (κ3) is 3.86. The highest BCUT2D eigenvalue weighted by molar-refractivity contribution is 6.00. The first-order valence-electron chi connectivity index (χ1n) is 10.4. The Morgan fingerprint density at radius 2 is 1.86 bits per heavy atom. The predicted octanol–water partition coefficient (Wildman–Crippen LogP) is 3.63. The van der Waals surface area contributed by atoms with E-state index in [2.05, 4.69) is 25.1 Å². The van der Waals surface area contributed by atoms with Crippen molar-refractivity contribution in [2.45, 2.75) is 32.1 Å². The molecule has 2 amide bonds. The van der Waals surface area contributed by atoms with Crippen LogP contribution in [0.25, 0.3) is 0 Å². The number of aryl methyl sites for hydroxylation is 1. The Balaban J connectivity index is 1.42. The smallest absolute Gasteiger partial charge is 0.228 e. The lowest BCUT2D eigenvalue weighted by atomic mass is 9.98. The van der Waals surface area contributed by atoms with Crippen LogP contribution >= 0.6 is 0 Å². The second-order valence-corrected chi connectivity index (χ2v) is 7.93. The number of hydrogen-bond donors (Lipinski definition) is 0. The van der Waals surface area contributed by atoms with Crippen LogP contribution in [0.4, 0.5) is 5.69 Å². The minimum Gasteiger partial charge on any atom is -0.497 e. The Labute approximate surface area is 172 Å². The van der Waals surface area contributed by atoms with Gasteiger partial charge in [0.05, 0.1) is 13.0 Å². The van der Waals surface area contributed by atoms with E-state index >= 15 is 0 Å². The van der Waals surface area contributed by atoms with E-state index in [0.717, 1.165) is 42.9 Å². The van der Waals surface area contributed by atoms with Crippen LogP contribution in [0.1, 0.15) is 36.8 Å². The van der Waals surface area contributed by atoms with Crippen molar-refractivity contribution in [2.75, 3.05) is 31.6 Å². The van der Waals surface area contributed by atoms with Gasteiger partial charge in [0.15, 0.2) is 0 Å². The second-order valence-electron chi connectivity index (χ2n) is 7.93. The first-order valence-corrected chi connectivity index (χ1v) is 10.4. The van der Waals surface area contributed by atoms with Crippen molar-refractivity contribution in [2.24, 2.45) is 5.92 Å². The standard InChI is InChI=1S/C24H28N2O3/c1-3-17-6-4-5-7-22(17)26-16-20(14-23(26)27)24(28)25-13-12-19(15-25)18-8-10-21(29-2)11-9-18/h4-11,19-20H,3,12-16H2,1-2H3. The van der Waals surface area contributed by atoms with Crippen LogP contribution in [0.3, 0.4) is 0 Å². The van der Waals surface area contributed by atoms with Crippen molar-refractivity contribution in [3.63, 3.8) is 0 Å². The lowest BCUT2D eigenvalue weighted by Gasteiger charge is -2.22. The summed E-state index contributed by atoms with van der Waals surface area (Å²) in [6.07, 6.45) is 2.13. The number of ether oxygens (including phenoxy) is 1. The number of amides is 2. The lowest BCUT2D eigenvalue weighted by Crippen LogP contribution is -2.36. The number of benzene rings is 2. The summed E-state index contributed by atoms with van der Waals surface area (Å²) in [5.74, 6) is 1.11. The summed E-state index contributed by atoms with van der Waals surface area (Å²) in [6.45, 7) is 4.05. The molecule has 2 aliphatic rings. The normalized spacial score (nSPS) is 21.7. The molecular weight excluding hydrogens is 364 g/mol. The van der Waals surface area contributed by atoms with Gasteiger partial charge in [0.2, 0.25) is 11.8 Å². The van der Waals surface area contributed by atoms with Gasteiger partial charge in [-0.2, -0.15) is 0 Å². The number of para-hydroxylation sites is 1. The van der Waals surface area contributed by atoms with Gasteiger partial charge in [-0.15, -0.1) is 0 Å². The molecule has 5 heteroatoms. The molecule has 0 N–H and O–H groups in total. The Morgan fingerprint density at radius 1 is 1.10 bits per heavy atom. The fourth-order valence-corrected chi connectivity index (χ4v) is 4.55. The summed E-state index contributed by atoms with van der Waals surface area (Å²) in [5, 5.41) is 0. The maximum absolute atomic E-state index is 13.1. The molecule has 0 aromatic heterocycles. The van der Waals surface area contributed by atoms with Gasteiger partial charge in [0.25, 0.3) is 0 Å². The Morgan fingerprint density at radius 3 is 2.59 bits per heavy atom. The van der Waals surface area contributed by atoms with Crippen LogP contribution in [0.15, 0.2) is 48.5 Å². The minimum atomic E-state index is -0.248. The molecule has 2 atom stereocenters. The van der Waals surface area contributed by atoms with E-state index in [1.54, 1.807) is 12.0 Å². The fourth-order valence-electron chi connectivity index (χ4n) is 4.55. The number of anilines is 1. The summed E-state index contributed by atoms with van der Waals surface area (Å²) < 4.78 is 5.23. The molecule has 0 spiro atoms. The summed E-state index contributed by atoms with van der Waals surface area (Å²) in [6, 6.07) is 16.1. The quantitative estimate of drug-likeness (QED) is 0.781. The summed E-state index contributed by atoms with van der Waals surface area (Å²) in [5.41, 5.74) is 3.34. The number of likely N-dealkylation sites (tertiary alicyclic amines) is 1. The van der Waals surface area contributed by atoms with Crippen LogP contribution in [-0.2, 0) is 16.0 Å². The minimum absolute atomic E-state index is 0.0511. The third-order valence-corrected chi connectivity index (χ3v) is 6.22.